The van der Waals surface area contributed by atoms with E-state index in [1.54, 1.807) is 42.0 Å². The van der Waals surface area contributed by atoms with Crippen LogP contribution in [-0.2, 0) is 42.6 Å². The second-order valence-electron chi connectivity index (χ2n) is 12.7. The summed E-state index contributed by atoms with van der Waals surface area (Å²) in [5.41, 5.74) is 5.85. The van der Waals surface area contributed by atoms with Gasteiger partial charge in [0.15, 0.2) is 5.82 Å². The largest absolute Gasteiger partial charge is 0.445 e. The van der Waals surface area contributed by atoms with Crippen molar-refractivity contribution >= 4 is 23.5 Å². The minimum atomic E-state index is -2.66. The van der Waals surface area contributed by atoms with E-state index >= 15 is 0 Å². The summed E-state index contributed by atoms with van der Waals surface area (Å²) >= 11 is 0. The third-order valence-corrected chi connectivity index (χ3v) is 9.66. The number of amides is 2. The number of likely N-dealkylation sites (tertiary alicyclic amines) is 1. The molecule has 47 heavy (non-hydrogen) atoms. The number of aryl methyl sites for hydroxylation is 2. The molecule has 3 aliphatic heterocycles. The van der Waals surface area contributed by atoms with Crippen LogP contribution in [0.2, 0.25) is 0 Å². The highest BCUT2D eigenvalue weighted by Gasteiger charge is 2.35. The van der Waals surface area contributed by atoms with E-state index in [-0.39, 0.29) is 30.2 Å². The van der Waals surface area contributed by atoms with Gasteiger partial charge in [0.2, 0.25) is 5.91 Å². The number of nitrogens with zero attached hydrogens (tertiary/aromatic N) is 7. The molecular weight excluding hydrogens is 604 g/mol. The van der Waals surface area contributed by atoms with E-state index in [0.717, 1.165) is 46.7 Å². The van der Waals surface area contributed by atoms with Crippen molar-refractivity contribution in [2.75, 3.05) is 31.1 Å². The van der Waals surface area contributed by atoms with E-state index in [1.165, 1.54) is 0 Å². The average Bonchev–Trinajstić information content (AvgIpc) is 3.70. The number of piperidine rings is 1. The first-order chi connectivity index (χ1) is 22.8. The molecule has 246 valence electrons. The fraction of sp³-hybridized carbons (Fsp3) is 0.429. The molecule has 7 rings (SSSR count). The van der Waals surface area contributed by atoms with Crippen molar-refractivity contribution in [2.45, 2.75) is 64.6 Å². The lowest BCUT2D eigenvalue weighted by Gasteiger charge is -2.33. The third kappa shape index (κ3) is 6.08. The molecule has 2 aromatic heterocycles. The summed E-state index contributed by atoms with van der Waals surface area (Å²) in [6, 6.07) is 13.2. The van der Waals surface area contributed by atoms with E-state index in [0.29, 0.717) is 63.1 Å². The first-order valence-corrected chi connectivity index (χ1v) is 16.3. The molecule has 0 bridgehead atoms. The molecule has 1 saturated heterocycles. The summed E-state index contributed by atoms with van der Waals surface area (Å²) in [6.45, 7) is 4.55. The lowest BCUT2D eigenvalue weighted by molar-refractivity contribution is -0.129. The van der Waals surface area contributed by atoms with Crippen LogP contribution in [0.4, 0.5) is 25.1 Å². The normalized spacial score (nSPS) is 16.7. The van der Waals surface area contributed by atoms with E-state index in [1.807, 2.05) is 41.3 Å². The van der Waals surface area contributed by atoms with Gasteiger partial charge >= 0.3 is 6.09 Å². The Morgan fingerprint density at radius 3 is 2.51 bits per heavy atom. The van der Waals surface area contributed by atoms with Crippen LogP contribution in [0.15, 0.2) is 54.9 Å². The Morgan fingerprint density at radius 2 is 1.81 bits per heavy atom. The molecule has 2 amide bonds. The van der Waals surface area contributed by atoms with Crippen LogP contribution in [0.1, 0.15) is 66.6 Å². The number of carbonyl (C=O) groups excluding carboxylic acids is 2. The van der Waals surface area contributed by atoms with Crippen LogP contribution in [-0.4, -0.2) is 67.5 Å². The van der Waals surface area contributed by atoms with Crippen molar-refractivity contribution in [3.8, 4) is 11.1 Å². The zero-order valence-electron chi connectivity index (χ0n) is 26.7. The van der Waals surface area contributed by atoms with Gasteiger partial charge in [-0.05, 0) is 54.5 Å². The molecule has 0 radical (unpaired) electrons. The number of benzene rings is 2. The van der Waals surface area contributed by atoms with Crippen molar-refractivity contribution in [2.24, 2.45) is 7.05 Å². The maximum Gasteiger partial charge on any atom is 0.410 e. The molecule has 10 nitrogen and oxygen atoms in total. The van der Waals surface area contributed by atoms with E-state index in [4.69, 9.17) is 9.84 Å². The number of carbonyl (C=O) groups is 2. The molecule has 1 fully saturated rings. The molecule has 0 atom stereocenters. The smallest absolute Gasteiger partial charge is 0.410 e. The van der Waals surface area contributed by atoms with Gasteiger partial charge in [-0.2, -0.15) is 10.2 Å². The molecule has 0 N–H and O–H groups in total. The SMILES string of the molecule is CC(=O)N1CCc2c(c(N3CCCc4cc(-c5cnn(C)c5)c(C(F)F)cc43)nn2C2CCN(C(=O)OCc3ccccc3)CC2)C1. The molecule has 5 heterocycles. The lowest BCUT2D eigenvalue weighted by atomic mass is 9.92. The standard InChI is InChI=1S/C35H39F2N7O3/c1-23(45)42-16-12-31-30(21-42)34(39-44(31)27-10-14-41(15-11-27)35(46)47-22-24-7-4-3-5-8-24)43-13-6-9-25-17-28(26-19-38-40(2)20-26)29(33(36)37)18-32(25)43/h3-5,7-8,17-20,27,33H,6,9-16,21-22H2,1-2H3. The quantitative estimate of drug-likeness (QED) is 0.249. The van der Waals surface area contributed by atoms with Crippen LogP contribution < -0.4 is 4.90 Å². The summed E-state index contributed by atoms with van der Waals surface area (Å²) in [7, 11) is 1.77. The molecule has 0 spiro atoms. The number of fused-ring (bicyclic) bond motifs is 2. The van der Waals surface area contributed by atoms with Crippen LogP contribution in [0.5, 0.6) is 0 Å². The van der Waals surface area contributed by atoms with Crippen molar-refractivity contribution in [1.82, 2.24) is 29.4 Å². The number of anilines is 2. The Bertz CT molecular complexity index is 1780. The minimum Gasteiger partial charge on any atom is -0.445 e. The Kier molecular flexibility index (Phi) is 8.42. The van der Waals surface area contributed by atoms with Crippen LogP contribution in [0.3, 0.4) is 0 Å². The Labute approximate surface area is 272 Å². The first-order valence-electron chi connectivity index (χ1n) is 16.3. The number of alkyl halides is 2. The molecule has 0 unspecified atom stereocenters. The summed E-state index contributed by atoms with van der Waals surface area (Å²) in [5, 5.41) is 9.41. The maximum absolute atomic E-state index is 14.6. The van der Waals surface area contributed by atoms with Gasteiger partial charge in [0.25, 0.3) is 6.43 Å². The Hall–Kier alpha value is -4.74. The van der Waals surface area contributed by atoms with Crippen molar-refractivity contribution < 1.29 is 23.1 Å². The zero-order valence-corrected chi connectivity index (χ0v) is 26.7. The molecule has 3 aliphatic rings. The summed E-state index contributed by atoms with van der Waals surface area (Å²) < 4.78 is 38.4. The van der Waals surface area contributed by atoms with Crippen molar-refractivity contribution in [3.05, 3.63) is 82.8 Å². The summed E-state index contributed by atoms with van der Waals surface area (Å²) in [4.78, 5) is 31.0. The number of rotatable bonds is 6. The van der Waals surface area contributed by atoms with E-state index < -0.39 is 6.43 Å². The van der Waals surface area contributed by atoms with Gasteiger partial charge in [0.05, 0.1) is 18.8 Å². The minimum absolute atomic E-state index is 0.00295. The predicted molar refractivity (Wildman–Crippen MR) is 172 cm³/mol. The highest BCUT2D eigenvalue weighted by Crippen LogP contribution is 2.43. The summed E-state index contributed by atoms with van der Waals surface area (Å²) in [5.74, 6) is 0.725. The zero-order chi connectivity index (χ0) is 32.7. The van der Waals surface area contributed by atoms with Gasteiger partial charge in [-0.1, -0.05) is 30.3 Å². The lowest BCUT2D eigenvalue weighted by Crippen LogP contribution is -2.40. The van der Waals surface area contributed by atoms with Crippen LogP contribution in [0, 0.1) is 0 Å². The average molecular weight is 644 g/mol. The van der Waals surface area contributed by atoms with Crippen LogP contribution >= 0.6 is 0 Å². The molecule has 0 saturated carbocycles. The predicted octanol–water partition coefficient (Wildman–Crippen LogP) is 6.18. The molecule has 2 aromatic carbocycles. The first kappa shape index (κ1) is 30.9. The summed E-state index contributed by atoms with van der Waals surface area (Å²) in [6.07, 6.45) is 4.09. The second-order valence-corrected chi connectivity index (χ2v) is 12.7. The maximum atomic E-state index is 14.6. The molecule has 4 aromatic rings. The van der Waals surface area contributed by atoms with E-state index in [2.05, 4.69) is 14.7 Å². The van der Waals surface area contributed by atoms with Crippen LogP contribution in [0.25, 0.3) is 11.1 Å². The van der Waals surface area contributed by atoms with Crippen molar-refractivity contribution in [3.63, 3.8) is 0 Å². The fourth-order valence-corrected chi connectivity index (χ4v) is 7.18. The number of halogens is 2. The Balaban J connectivity index is 1.18. The van der Waals surface area contributed by atoms with Crippen molar-refractivity contribution in [1.29, 1.82) is 0 Å². The van der Waals surface area contributed by atoms with Gasteiger partial charge in [-0.15, -0.1) is 0 Å². The Morgan fingerprint density at radius 1 is 1.02 bits per heavy atom. The number of aromatic nitrogens is 4. The highest BCUT2D eigenvalue weighted by atomic mass is 19.3. The number of hydrogen-bond donors (Lipinski definition) is 0. The van der Waals surface area contributed by atoms with Gasteiger partial charge in [0.1, 0.15) is 6.61 Å². The van der Waals surface area contributed by atoms with Gasteiger partial charge in [-0.3, -0.25) is 14.2 Å². The number of ether oxygens (including phenoxy) is 1. The molecular formula is C35H39F2N7O3. The number of hydrogen-bond acceptors (Lipinski definition) is 6. The second kappa shape index (κ2) is 12.8. The van der Waals surface area contributed by atoms with E-state index in [9.17, 15) is 18.4 Å². The monoisotopic (exact) mass is 643 g/mol. The highest BCUT2D eigenvalue weighted by molar-refractivity contribution is 5.78. The topological polar surface area (TPSA) is 88.7 Å². The van der Waals surface area contributed by atoms with Gasteiger partial charge in [-0.25, -0.2) is 13.6 Å². The van der Waals surface area contributed by atoms with Gasteiger partial charge < -0.3 is 19.4 Å². The molecule has 12 heteroatoms. The van der Waals surface area contributed by atoms with Gasteiger partial charge in [0, 0.05) is 80.8 Å². The molecule has 0 aliphatic carbocycles. The third-order valence-electron chi connectivity index (χ3n) is 9.66. The fourth-order valence-electron chi connectivity index (χ4n) is 7.18.